The van der Waals surface area contributed by atoms with Gasteiger partial charge in [0.1, 0.15) is 6.10 Å². The lowest BCUT2D eigenvalue weighted by Crippen LogP contribution is -2.21. The molecule has 0 aromatic rings. The summed E-state index contributed by atoms with van der Waals surface area (Å²) < 4.78 is 22.1. The van der Waals surface area contributed by atoms with Gasteiger partial charge in [0.25, 0.3) is 0 Å². The van der Waals surface area contributed by atoms with Gasteiger partial charge in [-0.15, -0.1) is 0 Å². The molecule has 2 fully saturated rings. The predicted octanol–water partition coefficient (Wildman–Crippen LogP) is 0.833. The zero-order valence-electron chi connectivity index (χ0n) is 11.1. The van der Waals surface area contributed by atoms with Crippen molar-refractivity contribution in [2.45, 2.75) is 58.1 Å². The van der Waals surface area contributed by atoms with Crippen LogP contribution in [0.3, 0.4) is 0 Å². The maximum atomic E-state index is 9.84. The van der Waals surface area contributed by atoms with Crippen molar-refractivity contribution in [3.8, 4) is 0 Å². The summed E-state index contributed by atoms with van der Waals surface area (Å²) in [6.07, 6.45) is -1.24. The van der Waals surface area contributed by atoms with E-state index in [-0.39, 0.29) is 12.4 Å². The van der Waals surface area contributed by atoms with Crippen molar-refractivity contribution in [2.24, 2.45) is 0 Å². The van der Waals surface area contributed by atoms with E-state index in [1.54, 1.807) is 27.7 Å². The molecule has 2 N–H and O–H groups in total. The molecule has 0 bridgehead atoms. The van der Waals surface area contributed by atoms with Gasteiger partial charge in [0.2, 0.25) is 17.9 Å². The van der Waals surface area contributed by atoms with Gasteiger partial charge >= 0.3 is 0 Å². The second-order valence-electron chi connectivity index (χ2n) is 5.32. The highest BCUT2D eigenvalue weighted by molar-refractivity contribution is 5.15. The van der Waals surface area contributed by atoms with Gasteiger partial charge in [0, 0.05) is 40.7 Å². The molecule has 2 heterocycles. The quantitative estimate of drug-likeness (QED) is 0.766. The van der Waals surface area contributed by atoms with Crippen LogP contribution in [0.5, 0.6) is 0 Å². The first kappa shape index (κ1) is 13.6. The van der Waals surface area contributed by atoms with Crippen LogP contribution < -0.4 is 0 Å². The highest BCUT2D eigenvalue weighted by atomic mass is 16.8. The summed E-state index contributed by atoms with van der Waals surface area (Å²) in [5.41, 5.74) is 0. The molecule has 2 saturated heterocycles. The van der Waals surface area contributed by atoms with Crippen LogP contribution in [0.15, 0.2) is 11.5 Å². The monoisotopic (exact) mass is 260 g/mol. The van der Waals surface area contributed by atoms with E-state index >= 15 is 0 Å². The van der Waals surface area contributed by atoms with Crippen molar-refractivity contribution in [1.82, 2.24) is 0 Å². The molecule has 2 unspecified atom stereocenters. The van der Waals surface area contributed by atoms with E-state index in [2.05, 4.69) is 0 Å². The second kappa shape index (κ2) is 4.38. The highest BCUT2D eigenvalue weighted by Crippen LogP contribution is 2.40. The summed E-state index contributed by atoms with van der Waals surface area (Å²) in [7, 11) is 0. The van der Waals surface area contributed by atoms with E-state index in [0.29, 0.717) is 12.2 Å². The fourth-order valence-electron chi connectivity index (χ4n) is 2.10. The topological polar surface area (TPSA) is 77.4 Å². The van der Waals surface area contributed by atoms with Gasteiger partial charge in [-0.1, -0.05) is 0 Å². The van der Waals surface area contributed by atoms with E-state index < -0.39 is 24.0 Å². The van der Waals surface area contributed by atoms with Gasteiger partial charge in [0.15, 0.2) is 11.5 Å². The molecule has 18 heavy (non-hydrogen) atoms. The van der Waals surface area contributed by atoms with Crippen molar-refractivity contribution in [3.63, 3.8) is 0 Å². The molecule has 0 spiro atoms. The number of hydrogen-bond donors (Lipinski definition) is 2. The van der Waals surface area contributed by atoms with Crippen LogP contribution >= 0.6 is 0 Å². The van der Waals surface area contributed by atoms with Gasteiger partial charge in [-0.2, -0.15) is 0 Å². The number of rotatable bonds is 2. The molecule has 0 radical (unpaired) electrons. The van der Waals surface area contributed by atoms with Crippen LogP contribution in [-0.4, -0.2) is 40.8 Å². The summed E-state index contributed by atoms with van der Waals surface area (Å²) >= 11 is 0. The molecule has 0 amide bonds. The largest absolute Gasteiger partial charge is 0.461 e. The van der Waals surface area contributed by atoms with Crippen LogP contribution in [0.1, 0.15) is 34.1 Å². The van der Waals surface area contributed by atoms with E-state index in [1.165, 1.54) is 0 Å². The number of hydrogen-bond acceptors (Lipinski definition) is 6. The van der Waals surface area contributed by atoms with E-state index in [9.17, 15) is 5.11 Å². The summed E-state index contributed by atoms with van der Waals surface area (Å²) in [6.45, 7) is 6.88. The van der Waals surface area contributed by atoms with Gasteiger partial charge in [-0.05, 0) is 0 Å². The fourth-order valence-corrected chi connectivity index (χ4v) is 2.10. The first-order chi connectivity index (χ1) is 8.24. The summed E-state index contributed by atoms with van der Waals surface area (Å²) in [5.74, 6) is -1.09. The molecular weight excluding hydrogens is 240 g/mol. The SMILES string of the molecule is CC1(C)O/C(=C2/OC(C)(C)OC2CCO)C(O)O1. The average Bonchev–Trinajstić information content (AvgIpc) is 2.63. The van der Waals surface area contributed by atoms with E-state index in [0.717, 1.165) is 0 Å². The van der Waals surface area contributed by atoms with Gasteiger partial charge < -0.3 is 29.2 Å². The third-order valence-corrected chi connectivity index (χ3v) is 2.68. The number of aliphatic hydroxyl groups is 2. The second-order valence-corrected chi connectivity index (χ2v) is 5.32. The number of ether oxygens (including phenoxy) is 4. The minimum Gasteiger partial charge on any atom is -0.461 e. The normalized spacial score (nSPS) is 37.4. The Morgan fingerprint density at radius 3 is 2.06 bits per heavy atom. The molecular formula is C12H20O6. The molecule has 6 nitrogen and oxygen atoms in total. The molecule has 6 heteroatoms. The summed E-state index contributed by atoms with van der Waals surface area (Å²) in [5, 5.41) is 18.9. The maximum Gasteiger partial charge on any atom is 0.221 e. The van der Waals surface area contributed by atoms with Crippen molar-refractivity contribution in [1.29, 1.82) is 0 Å². The Morgan fingerprint density at radius 1 is 1.00 bits per heavy atom. The summed E-state index contributed by atoms with van der Waals surface area (Å²) in [6, 6.07) is 0. The van der Waals surface area contributed by atoms with Crippen LogP contribution in [-0.2, 0) is 18.9 Å². The Kier molecular flexibility index (Phi) is 3.31. The third kappa shape index (κ3) is 2.61. The Bertz CT molecular complexity index is 360. The van der Waals surface area contributed by atoms with Crippen molar-refractivity contribution < 1.29 is 29.2 Å². The molecule has 2 aliphatic heterocycles. The Balaban J connectivity index is 2.29. The Labute approximate surface area is 106 Å². The third-order valence-electron chi connectivity index (χ3n) is 2.68. The van der Waals surface area contributed by atoms with Crippen LogP contribution in [0.4, 0.5) is 0 Å². The van der Waals surface area contributed by atoms with Crippen LogP contribution in [0.2, 0.25) is 0 Å². The predicted molar refractivity (Wildman–Crippen MR) is 61.0 cm³/mol. The molecule has 0 aliphatic carbocycles. The smallest absolute Gasteiger partial charge is 0.221 e. The van der Waals surface area contributed by atoms with Gasteiger partial charge in [-0.3, -0.25) is 0 Å². The molecule has 2 rings (SSSR count). The lowest BCUT2D eigenvalue weighted by Gasteiger charge is -2.17. The molecule has 0 saturated carbocycles. The zero-order chi connectivity index (χ0) is 13.6. The lowest BCUT2D eigenvalue weighted by molar-refractivity contribution is -0.173. The average molecular weight is 260 g/mol. The van der Waals surface area contributed by atoms with Crippen molar-refractivity contribution in [2.75, 3.05) is 6.61 Å². The molecule has 0 aromatic carbocycles. The maximum absolute atomic E-state index is 9.84. The molecule has 2 atom stereocenters. The highest BCUT2D eigenvalue weighted by Gasteiger charge is 2.46. The minimum atomic E-state index is -1.17. The van der Waals surface area contributed by atoms with Crippen LogP contribution in [0, 0.1) is 0 Å². The van der Waals surface area contributed by atoms with E-state index in [1.807, 2.05) is 0 Å². The zero-order valence-corrected chi connectivity index (χ0v) is 11.1. The first-order valence-electron chi connectivity index (χ1n) is 6.01. The lowest BCUT2D eigenvalue weighted by atomic mass is 10.2. The molecule has 104 valence electrons. The Morgan fingerprint density at radius 2 is 1.56 bits per heavy atom. The van der Waals surface area contributed by atoms with Gasteiger partial charge in [0.05, 0.1) is 0 Å². The fraction of sp³-hybridized carbons (Fsp3) is 0.833. The van der Waals surface area contributed by atoms with Crippen molar-refractivity contribution in [3.05, 3.63) is 11.5 Å². The number of aliphatic hydroxyl groups excluding tert-OH is 2. The van der Waals surface area contributed by atoms with E-state index in [4.69, 9.17) is 24.1 Å². The first-order valence-corrected chi connectivity index (χ1v) is 6.01. The standard InChI is InChI=1S/C12H20O6/c1-11(2)15-7(5-6-13)8(16-11)9-10(14)18-12(3,4)17-9/h7,10,13-14H,5-6H2,1-4H3/b9-8+. The Hall–Kier alpha value is -0.820. The molecule has 0 aromatic heterocycles. The van der Waals surface area contributed by atoms with Crippen molar-refractivity contribution >= 4 is 0 Å². The summed E-state index contributed by atoms with van der Waals surface area (Å²) in [4.78, 5) is 0. The minimum absolute atomic E-state index is 0.0404. The molecule has 2 aliphatic rings. The van der Waals surface area contributed by atoms with Gasteiger partial charge in [-0.25, -0.2) is 0 Å². The van der Waals surface area contributed by atoms with Crippen LogP contribution in [0.25, 0.3) is 0 Å².